The SMILES string of the molecule is O=C(NCC1CCOCC1)c1cc(I)ccc1Br. The van der Waals surface area contributed by atoms with Crippen LogP contribution in [-0.2, 0) is 4.74 Å². The molecule has 1 fully saturated rings. The summed E-state index contributed by atoms with van der Waals surface area (Å²) in [6, 6.07) is 5.77. The molecule has 0 atom stereocenters. The van der Waals surface area contributed by atoms with Crippen LogP contribution in [0.3, 0.4) is 0 Å². The first-order valence-electron chi connectivity index (χ1n) is 5.98. The number of nitrogens with one attached hydrogen (secondary N) is 1. The van der Waals surface area contributed by atoms with E-state index in [9.17, 15) is 4.79 Å². The fourth-order valence-electron chi connectivity index (χ4n) is 1.95. The van der Waals surface area contributed by atoms with Gasteiger partial charge >= 0.3 is 0 Å². The lowest BCUT2D eigenvalue weighted by Gasteiger charge is -2.22. The van der Waals surface area contributed by atoms with E-state index in [1.54, 1.807) is 0 Å². The molecule has 0 unspecified atom stereocenters. The molecule has 0 aromatic heterocycles. The number of halogens is 2. The third kappa shape index (κ3) is 3.93. The highest BCUT2D eigenvalue weighted by molar-refractivity contribution is 14.1. The molecule has 98 valence electrons. The summed E-state index contributed by atoms with van der Waals surface area (Å²) in [5.41, 5.74) is 0.703. The molecule has 0 saturated carbocycles. The molecule has 1 aromatic carbocycles. The Bertz CT molecular complexity index is 433. The van der Waals surface area contributed by atoms with Crippen LogP contribution in [0.1, 0.15) is 23.2 Å². The van der Waals surface area contributed by atoms with E-state index < -0.39 is 0 Å². The Morgan fingerprint density at radius 2 is 2.17 bits per heavy atom. The predicted octanol–water partition coefficient (Wildman–Crippen LogP) is 3.21. The molecule has 1 aliphatic rings. The number of hydrogen-bond donors (Lipinski definition) is 1. The lowest BCUT2D eigenvalue weighted by molar-refractivity contribution is 0.0642. The van der Waals surface area contributed by atoms with Crippen molar-refractivity contribution < 1.29 is 9.53 Å². The van der Waals surface area contributed by atoms with E-state index in [2.05, 4.69) is 43.8 Å². The van der Waals surface area contributed by atoms with E-state index in [-0.39, 0.29) is 5.91 Å². The fraction of sp³-hybridized carbons (Fsp3) is 0.462. The Morgan fingerprint density at radius 3 is 2.89 bits per heavy atom. The first-order chi connectivity index (χ1) is 8.66. The number of carbonyl (C=O) groups is 1. The summed E-state index contributed by atoms with van der Waals surface area (Å²) in [5, 5.41) is 3.01. The molecule has 0 radical (unpaired) electrons. The number of amides is 1. The maximum absolute atomic E-state index is 12.1. The second-order valence-corrected chi connectivity index (χ2v) is 6.49. The zero-order chi connectivity index (χ0) is 13.0. The number of hydrogen-bond acceptors (Lipinski definition) is 2. The Morgan fingerprint density at radius 1 is 1.44 bits per heavy atom. The van der Waals surface area contributed by atoms with Gasteiger partial charge in [-0.05, 0) is 75.5 Å². The average molecular weight is 424 g/mol. The highest BCUT2D eigenvalue weighted by Gasteiger charge is 2.16. The Labute approximate surface area is 129 Å². The summed E-state index contributed by atoms with van der Waals surface area (Å²) in [6.07, 6.45) is 2.07. The molecule has 5 heteroatoms. The van der Waals surface area contributed by atoms with Crippen molar-refractivity contribution in [2.45, 2.75) is 12.8 Å². The molecule has 0 bridgehead atoms. The average Bonchev–Trinajstić information content (AvgIpc) is 2.40. The monoisotopic (exact) mass is 423 g/mol. The topological polar surface area (TPSA) is 38.3 Å². The highest BCUT2D eigenvalue weighted by Crippen LogP contribution is 2.20. The number of carbonyl (C=O) groups excluding carboxylic acids is 1. The maximum Gasteiger partial charge on any atom is 0.252 e. The number of benzene rings is 1. The Balaban J connectivity index is 1.92. The third-order valence-corrected chi connectivity index (χ3v) is 4.43. The Hall–Kier alpha value is -0.140. The van der Waals surface area contributed by atoms with Gasteiger partial charge in [0.1, 0.15) is 0 Å². The van der Waals surface area contributed by atoms with Gasteiger partial charge in [-0.2, -0.15) is 0 Å². The van der Waals surface area contributed by atoms with E-state index in [1.807, 2.05) is 18.2 Å². The van der Waals surface area contributed by atoms with Gasteiger partial charge in [0.2, 0.25) is 0 Å². The summed E-state index contributed by atoms with van der Waals surface area (Å²) in [4.78, 5) is 12.1. The van der Waals surface area contributed by atoms with Crippen molar-refractivity contribution >= 4 is 44.4 Å². The lowest BCUT2D eigenvalue weighted by Crippen LogP contribution is -2.32. The quantitative estimate of drug-likeness (QED) is 0.758. The molecule has 1 aromatic rings. The smallest absolute Gasteiger partial charge is 0.252 e. The first-order valence-corrected chi connectivity index (χ1v) is 7.85. The van der Waals surface area contributed by atoms with Gasteiger partial charge in [-0.25, -0.2) is 0 Å². The van der Waals surface area contributed by atoms with E-state index >= 15 is 0 Å². The summed E-state index contributed by atoms with van der Waals surface area (Å²) in [5.74, 6) is 0.538. The molecule has 3 nitrogen and oxygen atoms in total. The number of ether oxygens (including phenoxy) is 1. The van der Waals surface area contributed by atoms with Gasteiger partial charge < -0.3 is 10.1 Å². The van der Waals surface area contributed by atoms with E-state index in [1.165, 1.54) is 0 Å². The lowest BCUT2D eigenvalue weighted by atomic mass is 10.0. The van der Waals surface area contributed by atoms with Crippen LogP contribution in [0.2, 0.25) is 0 Å². The molecule has 1 saturated heterocycles. The van der Waals surface area contributed by atoms with Crippen molar-refractivity contribution in [1.82, 2.24) is 5.32 Å². The summed E-state index contributed by atoms with van der Waals surface area (Å²) >= 11 is 5.62. The predicted molar refractivity (Wildman–Crippen MR) is 82.7 cm³/mol. The third-order valence-electron chi connectivity index (χ3n) is 3.07. The van der Waals surface area contributed by atoms with E-state index in [0.29, 0.717) is 11.5 Å². The normalized spacial score (nSPS) is 16.6. The largest absolute Gasteiger partial charge is 0.381 e. The highest BCUT2D eigenvalue weighted by atomic mass is 127. The van der Waals surface area contributed by atoms with Gasteiger partial charge in [0.25, 0.3) is 5.91 Å². The van der Waals surface area contributed by atoms with Crippen molar-refractivity contribution in [2.75, 3.05) is 19.8 Å². The van der Waals surface area contributed by atoms with Crippen LogP contribution in [0.4, 0.5) is 0 Å². The van der Waals surface area contributed by atoms with Gasteiger partial charge in [-0.3, -0.25) is 4.79 Å². The minimum Gasteiger partial charge on any atom is -0.381 e. The summed E-state index contributed by atoms with van der Waals surface area (Å²) < 4.78 is 7.21. The number of rotatable bonds is 3. The first kappa shape index (κ1) is 14.3. The second kappa shape index (κ2) is 6.86. The zero-order valence-corrected chi connectivity index (χ0v) is 13.7. The van der Waals surface area contributed by atoms with Gasteiger partial charge in [0, 0.05) is 27.8 Å². The van der Waals surface area contributed by atoms with Crippen LogP contribution in [-0.4, -0.2) is 25.7 Å². The van der Waals surface area contributed by atoms with Crippen molar-refractivity contribution in [3.05, 3.63) is 31.8 Å². The van der Waals surface area contributed by atoms with E-state index in [0.717, 1.165) is 40.6 Å². The van der Waals surface area contributed by atoms with Gasteiger partial charge in [0.15, 0.2) is 0 Å². The van der Waals surface area contributed by atoms with Crippen LogP contribution in [0, 0.1) is 9.49 Å². The summed E-state index contributed by atoms with van der Waals surface area (Å²) in [7, 11) is 0. The minimum absolute atomic E-state index is 0.00752. The minimum atomic E-state index is -0.00752. The van der Waals surface area contributed by atoms with Crippen molar-refractivity contribution in [3.63, 3.8) is 0 Å². The van der Waals surface area contributed by atoms with Gasteiger partial charge in [-0.15, -0.1) is 0 Å². The molecule has 1 N–H and O–H groups in total. The molecule has 1 aliphatic heterocycles. The second-order valence-electron chi connectivity index (χ2n) is 4.39. The Kier molecular flexibility index (Phi) is 5.44. The zero-order valence-electron chi connectivity index (χ0n) is 9.92. The van der Waals surface area contributed by atoms with Crippen LogP contribution in [0.25, 0.3) is 0 Å². The molecular weight excluding hydrogens is 409 g/mol. The van der Waals surface area contributed by atoms with Crippen molar-refractivity contribution in [2.24, 2.45) is 5.92 Å². The van der Waals surface area contributed by atoms with Gasteiger partial charge in [-0.1, -0.05) is 0 Å². The van der Waals surface area contributed by atoms with Crippen LogP contribution in [0.5, 0.6) is 0 Å². The van der Waals surface area contributed by atoms with Crippen molar-refractivity contribution in [3.8, 4) is 0 Å². The maximum atomic E-state index is 12.1. The molecule has 0 aliphatic carbocycles. The van der Waals surface area contributed by atoms with Crippen LogP contribution >= 0.6 is 38.5 Å². The van der Waals surface area contributed by atoms with Crippen LogP contribution in [0.15, 0.2) is 22.7 Å². The standard InChI is InChI=1S/C13H15BrINO2/c14-12-2-1-10(15)7-11(12)13(17)16-8-9-3-5-18-6-4-9/h1-2,7,9H,3-6,8H2,(H,16,17). The van der Waals surface area contributed by atoms with Crippen LogP contribution < -0.4 is 5.32 Å². The van der Waals surface area contributed by atoms with Gasteiger partial charge in [0.05, 0.1) is 5.56 Å². The molecule has 18 heavy (non-hydrogen) atoms. The molecule has 0 spiro atoms. The molecule has 1 heterocycles. The molecule has 1 amide bonds. The van der Waals surface area contributed by atoms with Crippen molar-refractivity contribution in [1.29, 1.82) is 0 Å². The summed E-state index contributed by atoms with van der Waals surface area (Å²) in [6.45, 7) is 2.36. The van der Waals surface area contributed by atoms with E-state index in [4.69, 9.17) is 4.74 Å². The molecular formula is C13H15BrINO2. The molecule has 2 rings (SSSR count). The fourth-order valence-corrected chi connectivity index (χ4v) is 2.87.